The Balaban J connectivity index is 1.72. The molecule has 146 valence electrons. The van der Waals surface area contributed by atoms with Crippen LogP contribution in [-0.2, 0) is 6.42 Å². The maximum atomic E-state index is 13.3. The number of benzene rings is 3. The number of hydrogen-bond acceptors (Lipinski definition) is 4. The Morgan fingerprint density at radius 1 is 0.900 bits per heavy atom. The molecule has 0 spiro atoms. The van der Waals surface area contributed by atoms with Gasteiger partial charge in [0.15, 0.2) is 0 Å². The number of aromatic nitrogens is 3. The summed E-state index contributed by atoms with van der Waals surface area (Å²) in [4.78, 5) is 22.0. The van der Waals surface area contributed by atoms with Crippen LogP contribution in [0.25, 0.3) is 27.4 Å². The number of fused-ring (bicyclic) bond motifs is 3. The summed E-state index contributed by atoms with van der Waals surface area (Å²) in [6.07, 6.45) is 5.64. The van der Waals surface area contributed by atoms with Gasteiger partial charge < -0.3 is 4.74 Å². The van der Waals surface area contributed by atoms with Crippen molar-refractivity contribution >= 4 is 21.7 Å². The predicted octanol–water partition coefficient (Wildman–Crippen LogP) is 4.53. The molecule has 0 aliphatic heterocycles. The molecule has 0 radical (unpaired) electrons. The Morgan fingerprint density at radius 2 is 1.63 bits per heavy atom. The van der Waals surface area contributed by atoms with Gasteiger partial charge in [-0.3, -0.25) is 14.3 Å². The van der Waals surface area contributed by atoms with Crippen LogP contribution in [0.4, 0.5) is 0 Å². The summed E-state index contributed by atoms with van der Waals surface area (Å²) in [7, 11) is 1.66. The van der Waals surface area contributed by atoms with Crippen molar-refractivity contribution in [2.75, 3.05) is 7.11 Å². The zero-order valence-electron chi connectivity index (χ0n) is 16.4. The van der Waals surface area contributed by atoms with Crippen LogP contribution in [0.1, 0.15) is 11.1 Å². The van der Waals surface area contributed by atoms with E-state index in [-0.39, 0.29) is 5.56 Å². The van der Waals surface area contributed by atoms with Crippen LogP contribution in [0, 0.1) is 0 Å². The van der Waals surface area contributed by atoms with E-state index in [9.17, 15) is 4.79 Å². The Kier molecular flexibility index (Phi) is 4.48. The molecule has 5 nitrogen and oxygen atoms in total. The molecular formula is C25H19N3O2. The van der Waals surface area contributed by atoms with Crippen LogP contribution >= 0.6 is 0 Å². The van der Waals surface area contributed by atoms with E-state index in [4.69, 9.17) is 4.74 Å². The highest BCUT2D eigenvalue weighted by Crippen LogP contribution is 2.28. The highest BCUT2D eigenvalue weighted by atomic mass is 16.5. The molecule has 0 fully saturated rings. The molecule has 5 rings (SSSR count). The molecule has 0 N–H and O–H groups in total. The first-order valence-corrected chi connectivity index (χ1v) is 9.70. The molecule has 0 bridgehead atoms. The van der Waals surface area contributed by atoms with Crippen LogP contribution in [-0.4, -0.2) is 21.6 Å². The summed E-state index contributed by atoms with van der Waals surface area (Å²) in [5, 5.41) is 2.70. The summed E-state index contributed by atoms with van der Waals surface area (Å²) in [6, 6.07) is 21.7. The summed E-state index contributed by atoms with van der Waals surface area (Å²) in [5.74, 6) is 0.826. The van der Waals surface area contributed by atoms with Crippen LogP contribution in [0.2, 0.25) is 0 Å². The zero-order valence-corrected chi connectivity index (χ0v) is 16.4. The van der Waals surface area contributed by atoms with E-state index in [2.05, 4.69) is 28.2 Å². The van der Waals surface area contributed by atoms with Gasteiger partial charge in [-0.25, -0.2) is 4.98 Å². The van der Waals surface area contributed by atoms with Crippen LogP contribution in [0.15, 0.2) is 90.2 Å². The second kappa shape index (κ2) is 7.44. The first-order chi connectivity index (χ1) is 14.7. The first-order valence-electron chi connectivity index (χ1n) is 9.70. The Bertz CT molecular complexity index is 1410. The number of nitrogens with zero attached hydrogens (tertiary/aromatic N) is 3. The van der Waals surface area contributed by atoms with Gasteiger partial charge in [-0.05, 0) is 53.3 Å². The van der Waals surface area contributed by atoms with E-state index in [1.807, 2.05) is 36.4 Å². The van der Waals surface area contributed by atoms with Crippen molar-refractivity contribution in [3.05, 3.63) is 107 Å². The molecule has 2 heterocycles. The van der Waals surface area contributed by atoms with Crippen molar-refractivity contribution in [1.82, 2.24) is 14.5 Å². The third kappa shape index (κ3) is 3.10. The van der Waals surface area contributed by atoms with Crippen LogP contribution in [0.3, 0.4) is 0 Å². The quantitative estimate of drug-likeness (QED) is 0.421. The number of pyridine rings is 1. The Hall–Kier alpha value is -3.99. The summed E-state index contributed by atoms with van der Waals surface area (Å²) >= 11 is 0. The van der Waals surface area contributed by atoms with Crippen molar-refractivity contribution in [1.29, 1.82) is 0 Å². The standard InChI is InChI=1S/C25H19N3O2/c1-30-20-8-6-17(7-9-20)14-18-15-23-24(22-5-3-2-4-21(18)22)27-16-28(25(23)29)19-10-12-26-13-11-19/h2-13,15-16H,14H2,1H3. The highest BCUT2D eigenvalue weighted by Gasteiger charge is 2.13. The Labute approximate surface area is 173 Å². The van der Waals surface area contributed by atoms with Gasteiger partial charge in [0, 0.05) is 17.8 Å². The van der Waals surface area contributed by atoms with E-state index in [1.165, 1.54) is 0 Å². The van der Waals surface area contributed by atoms with Gasteiger partial charge in [0.25, 0.3) is 5.56 Å². The van der Waals surface area contributed by atoms with Crippen LogP contribution < -0.4 is 10.3 Å². The Morgan fingerprint density at radius 3 is 2.37 bits per heavy atom. The molecule has 5 heteroatoms. The van der Waals surface area contributed by atoms with Crippen molar-refractivity contribution in [2.45, 2.75) is 6.42 Å². The van der Waals surface area contributed by atoms with Gasteiger partial charge in [-0.2, -0.15) is 0 Å². The fraction of sp³-hybridized carbons (Fsp3) is 0.0800. The monoisotopic (exact) mass is 393 g/mol. The minimum atomic E-state index is -0.0899. The molecule has 5 aromatic rings. The van der Waals surface area contributed by atoms with Crippen molar-refractivity contribution in [2.24, 2.45) is 0 Å². The maximum absolute atomic E-state index is 13.3. The SMILES string of the molecule is COc1ccc(Cc2cc3c(=O)n(-c4ccncc4)cnc3c3ccccc23)cc1. The van der Waals surface area contributed by atoms with Crippen LogP contribution in [0.5, 0.6) is 5.75 Å². The van der Waals surface area contributed by atoms with E-state index in [0.29, 0.717) is 11.8 Å². The van der Waals surface area contributed by atoms with E-state index in [0.717, 1.165) is 38.9 Å². The normalized spacial score (nSPS) is 11.1. The average Bonchev–Trinajstić information content (AvgIpc) is 2.81. The molecule has 0 atom stereocenters. The fourth-order valence-electron chi connectivity index (χ4n) is 3.83. The number of hydrogen-bond donors (Lipinski definition) is 0. The lowest BCUT2D eigenvalue weighted by Gasteiger charge is -2.12. The van der Waals surface area contributed by atoms with Gasteiger partial charge in [0.2, 0.25) is 0 Å². The average molecular weight is 393 g/mol. The molecule has 2 aromatic heterocycles. The lowest BCUT2D eigenvalue weighted by atomic mass is 9.96. The summed E-state index contributed by atoms with van der Waals surface area (Å²) < 4.78 is 6.83. The molecule has 0 saturated heterocycles. The second-order valence-corrected chi connectivity index (χ2v) is 7.13. The third-order valence-electron chi connectivity index (χ3n) is 5.35. The minimum Gasteiger partial charge on any atom is -0.497 e. The smallest absolute Gasteiger partial charge is 0.265 e. The van der Waals surface area contributed by atoms with Gasteiger partial charge in [-0.1, -0.05) is 36.4 Å². The van der Waals surface area contributed by atoms with E-state index >= 15 is 0 Å². The van der Waals surface area contributed by atoms with Crippen molar-refractivity contribution in [3.63, 3.8) is 0 Å². The van der Waals surface area contributed by atoms with E-state index < -0.39 is 0 Å². The maximum Gasteiger partial charge on any atom is 0.265 e. The number of methoxy groups -OCH3 is 1. The molecule has 30 heavy (non-hydrogen) atoms. The van der Waals surface area contributed by atoms with Gasteiger partial charge in [-0.15, -0.1) is 0 Å². The molecule has 0 saturated carbocycles. The largest absolute Gasteiger partial charge is 0.497 e. The minimum absolute atomic E-state index is 0.0899. The summed E-state index contributed by atoms with van der Waals surface area (Å²) in [5.41, 5.74) is 3.62. The molecule has 3 aromatic carbocycles. The summed E-state index contributed by atoms with van der Waals surface area (Å²) in [6.45, 7) is 0. The van der Waals surface area contributed by atoms with Crippen molar-refractivity contribution in [3.8, 4) is 11.4 Å². The highest BCUT2D eigenvalue weighted by molar-refractivity contribution is 6.06. The predicted molar refractivity (Wildman–Crippen MR) is 118 cm³/mol. The van der Waals surface area contributed by atoms with Gasteiger partial charge >= 0.3 is 0 Å². The van der Waals surface area contributed by atoms with Gasteiger partial charge in [0.05, 0.1) is 23.7 Å². The molecule has 0 aliphatic carbocycles. The first kappa shape index (κ1) is 18.1. The number of rotatable bonds is 4. The van der Waals surface area contributed by atoms with Crippen molar-refractivity contribution < 1.29 is 4.74 Å². The lowest BCUT2D eigenvalue weighted by molar-refractivity contribution is 0.414. The topological polar surface area (TPSA) is 57.0 Å². The number of ether oxygens (including phenoxy) is 1. The third-order valence-corrected chi connectivity index (χ3v) is 5.35. The second-order valence-electron chi connectivity index (χ2n) is 7.13. The molecule has 0 aliphatic rings. The zero-order chi connectivity index (χ0) is 20.5. The molecule has 0 amide bonds. The lowest BCUT2D eigenvalue weighted by Crippen LogP contribution is -2.19. The van der Waals surface area contributed by atoms with Gasteiger partial charge in [0.1, 0.15) is 12.1 Å². The molecular weight excluding hydrogens is 374 g/mol. The molecule has 0 unspecified atom stereocenters. The fourth-order valence-corrected chi connectivity index (χ4v) is 3.83. The van der Waals surface area contributed by atoms with E-state index in [1.54, 1.807) is 42.5 Å².